The number of aromatic nitrogens is 2. The van der Waals surface area contributed by atoms with Crippen LogP contribution in [-0.4, -0.2) is 18.0 Å². The monoisotopic (exact) mass is 266 g/mol. The lowest BCUT2D eigenvalue weighted by molar-refractivity contribution is 0.299. The molecule has 0 spiro atoms. The molecule has 96 valence electrons. The van der Waals surface area contributed by atoms with Crippen molar-refractivity contribution >= 4 is 10.1 Å². The topological polar surface area (TPSA) is 61.2 Å². The molecule has 0 aliphatic heterocycles. The first kappa shape index (κ1) is 12.8. The molecule has 1 heterocycles. The minimum atomic E-state index is -3.71. The maximum atomic E-state index is 11.9. The van der Waals surface area contributed by atoms with Gasteiger partial charge in [-0.05, 0) is 19.1 Å². The fourth-order valence-corrected chi connectivity index (χ4v) is 2.32. The molecule has 1 aromatic heterocycles. The van der Waals surface area contributed by atoms with Crippen LogP contribution in [0.1, 0.15) is 11.3 Å². The van der Waals surface area contributed by atoms with Gasteiger partial charge in [0.05, 0.1) is 23.1 Å². The summed E-state index contributed by atoms with van der Waals surface area (Å²) in [4.78, 5) is 4.06. The molecular formula is C12H14N2O3S. The Morgan fingerprint density at radius 1 is 1.28 bits per heavy atom. The largest absolute Gasteiger partial charge is 0.336 e. The highest BCUT2D eigenvalue weighted by atomic mass is 32.2. The van der Waals surface area contributed by atoms with Crippen LogP contribution in [0.3, 0.4) is 0 Å². The van der Waals surface area contributed by atoms with E-state index < -0.39 is 10.1 Å². The van der Waals surface area contributed by atoms with Crippen LogP contribution in [-0.2, 0) is 28.0 Å². The third kappa shape index (κ3) is 2.77. The van der Waals surface area contributed by atoms with E-state index in [-0.39, 0.29) is 11.5 Å². The van der Waals surface area contributed by atoms with Gasteiger partial charge in [0.15, 0.2) is 0 Å². The number of hydrogen-bond donors (Lipinski definition) is 0. The predicted octanol–water partition coefficient (Wildman–Crippen LogP) is 1.63. The summed E-state index contributed by atoms with van der Waals surface area (Å²) in [5.74, 6) is 0. The van der Waals surface area contributed by atoms with Crippen LogP contribution in [0.2, 0.25) is 0 Å². The van der Waals surface area contributed by atoms with Gasteiger partial charge in [-0.25, -0.2) is 4.98 Å². The van der Waals surface area contributed by atoms with Crippen molar-refractivity contribution in [1.29, 1.82) is 0 Å². The zero-order valence-electron chi connectivity index (χ0n) is 10.2. The molecule has 0 fully saturated rings. The van der Waals surface area contributed by atoms with Gasteiger partial charge in [-0.15, -0.1) is 0 Å². The summed E-state index contributed by atoms with van der Waals surface area (Å²) in [5.41, 5.74) is 1.70. The first-order valence-corrected chi connectivity index (χ1v) is 6.81. The van der Waals surface area contributed by atoms with Crippen LogP contribution in [0.25, 0.3) is 0 Å². The second kappa shape index (κ2) is 4.91. The maximum absolute atomic E-state index is 11.9. The Balaban J connectivity index is 2.13. The molecule has 0 aliphatic rings. The zero-order valence-corrected chi connectivity index (χ0v) is 11.0. The molecule has 0 aliphatic carbocycles. The third-order valence-electron chi connectivity index (χ3n) is 2.59. The van der Waals surface area contributed by atoms with E-state index in [1.807, 2.05) is 6.92 Å². The lowest BCUT2D eigenvalue weighted by Gasteiger charge is -2.06. The third-order valence-corrected chi connectivity index (χ3v) is 3.87. The first-order chi connectivity index (χ1) is 8.49. The van der Waals surface area contributed by atoms with Gasteiger partial charge in [-0.1, -0.05) is 17.7 Å². The summed E-state index contributed by atoms with van der Waals surface area (Å²) in [6.07, 6.45) is 3.17. The maximum Gasteiger partial charge on any atom is 0.297 e. The van der Waals surface area contributed by atoms with Crippen LogP contribution in [0, 0.1) is 6.92 Å². The zero-order chi connectivity index (χ0) is 13.2. The Labute approximate surface area is 106 Å². The molecule has 2 aromatic rings. The Morgan fingerprint density at radius 2 is 1.94 bits per heavy atom. The molecule has 0 unspecified atom stereocenters. The molecule has 2 rings (SSSR count). The van der Waals surface area contributed by atoms with Gasteiger partial charge in [0, 0.05) is 7.05 Å². The lowest BCUT2D eigenvalue weighted by atomic mass is 10.2. The molecular weight excluding hydrogens is 252 g/mol. The van der Waals surface area contributed by atoms with Gasteiger partial charge < -0.3 is 4.57 Å². The van der Waals surface area contributed by atoms with Crippen LogP contribution < -0.4 is 0 Å². The van der Waals surface area contributed by atoms with Crippen molar-refractivity contribution in [2.75, 3.05) is 0 Å². The first-order valence-electron chi connectivity index (χ1n) is 5.40. The summed E-state index contributed by atoms with van der Waals surface area (Å²) in [7, 11) is -1.93. The van der Waals surface area contributed by atoms with E-state index in [4.69, 9.17) is 4.18 Å². The molecule has 0 bridgehead atoms. The predicted molar refractivity (Wildman–Crippen MR) is 66.4 cm³/mol. The molecule has 0 N–H and O–H groups in total. The van der Waals surface area contributed by atoms with Gasteiger partial charge in [-0.3, -0.25) is 4.18 Å². The van der Waals surface area contributed by atoms with Crippen molar-refractivity contribution in [3.63, 3.8) is 0 Å². The lowest BCUT2D eigenvalue weighted by Crippen LogP contribution is -2.08. The van der Waals surface area contributed by atoms with E-state index in [1.54, 1.807) is 36.3 Å². The fraction of sp³-hybridized carbons (Fsp3) is 0.250. The molecule has 0 amide bonds. The Hall–Kier alpha value is -1.66. The van der Waals surface area contributed by atoms with E-state index in [1.165, 1.54) is 12.1 Å². The number of nitrogens with zero attached hydrogens (tertiary/aromatic N) is 2. The molecule has 0 saturated heterocycles. The second-order valence-electron chi connectivity index (χ2n) is 4.03. The highest BCUT2D eigenvalue weighted by Crippen LogP contribution is 2.14. The fourth-order valence-electron chi connectivity index (χ4n) is 1.43. The van der Waals surface area contributed by atoms with Crippen molar-refractivity contribution < 1.29 is 12.6 Å². The van der Waals surface area contributed by atoms with Gasteiger partial charge in [0.25, 0.3) is 10.1 Å². The van der Waals surface area contributed by atoms with Crippen LogP contribution >= 0.6 is 0 Å². The summed E-state index contributed by atoms with van der Waals surface area (Å²) < 4.78 is 30.5. The van der Waals surface area contributed by atoms with Gasteiger partial charge in [0.1, 0.15) is 6.61 Å². The van der Waals surface area contributed by atoms with Crippen molar-refractivity contribution in [3.05, 3.63) is 48.0 Å². The number of rotatable bonds is 4. The summed E-state index contributed by atoms with van der Waals surface area (Å²) in [5, 5.41) is 0. The minimum absolute atomic E-state index is 0.0211. The smallest absolute Gasteiger partial charge is 0.297 e. The van der Waals surface area contributed by atoms with E-state index in [2.05, 4.69) is 4.98 Å². The normalized spacial score (nSPS) is 11.7. The van der Waals surface area contributed by atoms with Crippen LogP contribution in [0.4, 0.5) is 0 Å². The quantitative estimate of drug-likeness (QED) is 0.789. The van der Waals surface area contributed by atoms with Crippen molar-refractivity contribution in [1.82, 2.24) is 9.55 Å². The van der Waals surface area contributed by atoms with Crippen molar-refractivity contribution in [2.45, 2.75) is 18.4 Å². The Kier molecular flexibility index (Phi) is 3.49. The Bertz CT molecular complexity index is 630. The van der Waals surface area contributed by atoms with Gasteiger partial charge >= 0.3 is 0 Å². The Morgan fingerprint density at radius 3 is 2.50 bits per heavy atom. The standard InChI is InChI=1S/C12H14N2O3S/c1-10-3-5-12(6-4-10)18(15,16)17-8-11-7-13-9-14(11)2/h3-7,9H,8H2,1-2H3. The SMILES string of the molecule is Cc1ccc(S(=O)(=O)OCc2cncn2C)cc1. The highest BCUT2D eigenvalue weighted by molar-refractivity contribution is 7.86. The van der Waals surface area contributed by atoms with Crippen molar-refractivity contribution in [3.8, 4) is 0 Å². The molecule has 5 nitrogen and oxygen atoms in total. The van der Waals surface area contributed by atoms with E-state index in [9.17, 15) is 8.42 Å². The van der Waals surface area contributed by atoms with E-state index in [0.29, 0.717) is 5.69 Å². The molecule has 0 radical (unpaired) electrons. The number of benzene rings is 1. The number of aryl methyl sites for hydroxylation is 2. The minimum Gasteiger partial charge on any atom is -0.336 e. The highest BCUT2D eigenvalue weighted by Gasteiger charge is 2.15. The molecule has 0 atom stereocenters. The summed E-state index contributed by atoms with van der Waals surface area (Å²) >= 11 is 0. The van der Waals surface area contributed by atoms with E-state index >= 15 is 0 Å². The summed E-state index contributed by atoms with van der Waals surface area (Å²) in [6, 6.07) is 6.54. The molecule has 1 aromatic carbocycles. The average molecular weight is 266 g/mol. The van der Waals surface area contributed by atoms with Crippen LogP contribution in [0.15, 0.2) is 41.7 Å². The van der Waals surface area contributed by atoms with Crippen LogP contribution in [0.5, 0.6) is 0 Å². The van der Waals surface area contributed by atoms with Gasteiger partial charge in [0.2, 0.25) is 0 Å². The number of hydrogen-bond acceptors (Lipinski definition) is 4. The van der Waals surface area contributed by atoms with Gasteiger partial charge in [-0.2, -0.15) is 8.42 Å². The number of imidazole rings is 1. The van der Waals surface area contributed by atoms with E-state index in [0.717, 1.165) is 5.56 Å². The molecule has 6 heteroatoms. The molecule has 0 saturated carbocycles. The summed E-state index contributed by atoms with van der Waals surface area (Å²) in [6.45, 7) is 1.87. The van der Waals surface area contributed by atoms with Crippen molar-refractivity contribution in [2.24, 2.45) is 7.05 Å². The average Bonchev–Trinajstić information content (AvgIpc) is 2.73. The second-order valence-corrected chi connectivity index (χ2v) is 5.64. The molecule has 18 heavy (non-hydrogen) atoms.